The highest BCUT2D eigenvalue weighted by Crippen LogP contribution is 2.52. The minimum Gasteiger partial charge on any atom is -0.354 e. The van der Waals surface area contributed by atoms with Crippen LogP contribution in [0.2, 0.25) is 0 Å². The zero-order valence-electron chi connectivity index (χ0n) is 41.9. The van der Waals surface area contributed by atoms with Crippen LogP contribution in [0, 0.1) is 0 Å². The number of benzene rings is 2. The number of carbonyl (C=O) groups excluding carboxylic acids is 3. The van der Waals surface area contributed by atoms with Crippen LogP contribution >= 0.6 is 0 Å². The van der Waals surface area contributed by atoms with Gasteiger partial charge in [-0.25, -0.2) is 0 Å². The molecule has 3 aliphatic heterocycles. The molecule has 0 saturated heterocycles. The molecule has 0 spiro atoms. The number of nitrogens with zero attached hydrogens (tertiary/aromatic N) is 3. The fourth-order valence-electron chi connectivity index (χ4n) is 10.1. The van der Waals surface area contributed by atoms with Crippen molar-refractivity contribution < 1.29 is 70.8 Å². The summed E-state index contributed by atoms with van der Waals surface area (Å²) in [7, 11) is -18.0. The third-order valence-electron chi connectivity index (χ3n) is 13.9. The lowest BCUT2D eigenvalue weighted by atomic mass is 9.75. The van der Waals surface area contributed by atoms with E-state index in [1.807, 2.05) is 79.5 Å². The molecule has 75 heavy (non-hydrogen) atoms. The normalized spacial score (nSPS) is 22.4. The van der Waals surface area contributed by atoms with Gasteiger partial charge in [0.05, 0.1) is 26.7 Å². The number of hydrogen-bond donors (Lipinski definition) is 5. The zero-order valence-corrected chi connectivity index (χ0v) is 45.1. The van der Waals surface area contributed by atoms with Crippen LogP contribution in [0.15, 0.2) is 130 Å². The topological polar surface area (TPSA) is 290 Å². The minimum absolute atomic E-state index is 0.0319. The first-order chi connectivity index (χ1) is 35.2. The van der Waals surface area contributed by atoms with Crippen molar-refractivity contribution in [1.29, 1.82) is 0 Å². The molecule has 2 aromatic rings. The Balaban J connectivity index is 1.39. The fraction of sp³-hybridized carbons (Fsp3) is 0.423. The average molecular weight is 1110 g/mol. The van der Waals surface area contributed by atoms with Gasteiger partial charge in [0, 0.05) is 79.1 Å². The first-order valence-corrected chi connectivity index (χ1v) is 30.8. The Hall–Kier alpha value is -5.66. The summed E-state index contributed by atoms with van der Waals surface area (Å²) in [6.07, 6.45) is 25.8. The molecule has 0 radical (unpaired) electrons. The summed E-state index contributed by atoms with van der Waals surface area (Å²) in [6, 6.07) is 8.63. The molecular formula is C52H65N4O15S4+. The van der Waals surface area contributed by atoms with Gasteiger partial charge in [-0.05, 0) is 106 Å². The molecule has 0 aromatic heterocycles. The van der Waals surface area contributed by atoms with Crippen LogP contribution in [0.25, 0.3) is 0 Å². The van der Waals surface area contributed by atoms with Crippen molar-refractivity contribution in [2.45, 2.75) is 112 Å². The van der Waals surface area contributed by atoms with E-state index in [2.05, 4.69) is 9.89 Å². The van der Waals surface area contributed by atoms with E-state index in [1.165, 1.54) is 36.4 Å². The number of allylic oxidation sites excluding steroid dienone is 12. The lowest BCUT2D eigenvalue weighted by Crippen LogP contribution is -2.38. The molecule has 2 atom stereocenters. The van der Waals surface area contributed by atoms with E-state index in [-0.39, 0.29) is 73.7 Å². The van der Waals surface area contributed by atoms with Crippen molar-refractivity contribution in [2.24, 2.45) is 0 Å². The molecule has 0 bridgehead atoms. The van der Waals surface area contributed by atoms with Gasteiger partial charge in [0.1, 0.15) is 6.54 Å². The molecule has 23 heteroatoms. The van der Waals surface area contributed by atoms with Crippen molar-refractivity contribution in [1.82, 2.24) is 10.2 Å². The number of hydrogen-bond acceptors (Lipinski definition) is 12. The van der Waals surface area contributed by atoms with Crippen molar-refractivity contribution >= 4 is 75.3 Å². The molecule has 19 nitrogen and oxygen atoms in total. The van der Waals surface area contributed by atoms with E-state index in [0.717, 1.165) is 10.5 Å². The standard InChI is InChI=1S/C52H64N4O15S4/c1-51(29-10-13-35-72(60,61)62)42-37-40(74(66,67)68)23-25-44(42)54(32-12-6-9-22-48(57)53-31-34-56-49(58)27-28-50(56)59)46(51)20-15-21-47-52(2,30-11-14-36-73(63,64)65)43-38-41(75(69,70)71)24-26-45(43)55(47)33-16-19-39-17-7-4-3-5-8-18-39/h3-5,7-8,15,17-18,20-21,23-28,37-38H,6,9-14,16,19,22,29-36H2,1-2H3,(H4-,53,57,60,61,62,63,64,65,66,67,68,69,70,71)/p+1/b4-3-,5-3?,7-4?,8-5-,17-7-,18-8?,39-17?,39-18+. The molecule has 2 aromatic carbocycles. The second kappa shape index (κ2) is 24.6. The minimum atomic E-state index is -4.69. The largest absolute Gasteiger partial charge is 0.354 e. The molecule has 406 valence electrons. The van der Waals surface area contributed by atoms with Crippen LogP contribution in [-0.4, -0.2) is 122 Å². The Morgan fingerprint density at radius 2 is 1.25 bits per heavy atom. The predicted octanol–water partition coefficient (Wildman–Crippen LogP) is 6.86. The third kappa shape index (κ3) is 15.5. The summed E-state index contributed by atoms with van der Waals surface area (Å²) in [4.78, 5) is 38.9. The monoisotopic (exact) mass is 1110 g/mol. The number of anilines is 1. The Bertz CT molecular complexity index is 3250. The summed E-state index contributed by atoms with van der Waals surface area (Å²) >= 11 is 0. The number of rotatable bonds is 27. The summed E-state index contributed by atoms with van der Waals surface area (Å²) in [5.41, 5.74) is 2.79. The first kappa shape index (κ1) is 58.6. The molecule has 6 rings (SSSR count). The lowest BCUT2D eigenvalue weighted by Gasteiger charge is -2.30. The van der Waals surface area contributed by atoms with E-state index in [9.17, 15) is 66.3 Å². The van der Waals surface area contributed by atoms with Gasteiger partial charge in [0.2, 0.25) is 11.6 Å². The molecule has 2 unspecified atom stereocenters. The average Bonchev–Trinajstić information content (AvgIpc) is 3.84. The molecule has 3 heterocycles. The molecule has 0 fully saturated rings. The number of unbranched alkanes of at least 4 members (excludes halogenated alkanes) is 4. The Morgan fingerprint density at radius 1 is 0.653 bits per heavy atom. The van der Waals surface area contributed by atoms with Gasteiger partial charge >= 0.3 is 0 Å². The van der Waals surface area contributed by atoms with Gasteiger partial charge in [-0.3, -0.25) is 37.5 Å². The van der Waals surface area contributed by atoms with E-state index in [4.69, 9.17) is 0 Å². The number of carbonyl (C=O) groups is 3. The molecule has 5 N–H and O–H groups in total. The lowest BCUT2D eigenvalue weighted by molar-refractivity contribution is -0.438. The van der Waals surface area contributed by atoms with Gasteiger partial charge in [0.25, 0.3) is 52.3 Å². The number of imide groups is 1. The highest BCUT2D eigenvalue weighted by molar-refractivity contribution is 7.86. The maximum absolute atomic E-state index is 12.7. The quantitative estimate of drug-likeness (QED) is 0.0264. The predicted molar refractivity (Wildman–Crippen MR) is 284 cm³/mol. The van der Waals surface area contributed by atoms with E-state index in [1.54, 1.807) is 12.1 Å². The van der Waals surface area contributed by atoms with Gasteiger partial charge < -0.3 is 10.2 Å². The zero-order chi connectivity index (χ0) is 54.8. The van der Waals surface area contributed by atoms with Crippen molar-refractivity contribution in [3.05, 3.63) is 132 Å². The molecule has 0 saturated carbocycles. The van der Waals surface area contributed by atoms with Gasteiger partial charge in [-0.15, -0.1) is 0 Å². The second-order valence-corrected chi connectivity index (χ2v) is 25.3. The van der Waals surface area contributed by atoms with E-state index < -0.39 is 74.6 Å². The number of nitrogens with one attached hydrogen (secondary N) is 1. The van der Waals surface area contributed by atoms with Crippen molar-refractivity contribution in [2.75, 3.05) is 42.6 Å². The highest BCUT2D eigenvalue weighted by Gasteiger charge is 2.48. The van der Waals surface area contributed by atoms with Gasteiger partial charge in [-0.1, -0.05) is 67.9 Å². The molecule has 3 amide bonds. The van der Waals surface area contributed by atoms with Crippen molar-refractivity contribution in [3.63, 3.8) is 0 Å². The summed E-state index contributed by atoms with van der Waals surface area (Å²) in [5, 5.41) is 2.74. The van der Waals surface area contributed by atoms with Crippen LogP contribution in [0.3, 0.4) is 0 Å². The summed E-state index contributed by atoms with van der Waals surface area (Å²) in [5.74, 6) is -2.17. The molecule has 4 aliphatic rings. The van der Waals surface area contributed by atoms with Gasteiger partial charge in [0.15, 0.2) is 5.71 Å². The van der Waals surface area contributed by atoms with E-state index in [0.29, 0.717) is 79.1 Å². The van der Waals surface area contributed by atoms with Crippen molar-refractivity contribution in [3.8, 4) is 0 Å². The Labute approximate surface area is 439 Å². The van der Waals surface area contributed by atoms with Crippen LogP contribution in [-0.2, 0) is 65.7 Å². The number of amides is 3. The third-order valence-corrected chi connectivity index (χ3v) is 17.2. The SMILES string of the molecule is CC1(CCCCS(=O)(=O)O)C(/C=C/C=C2/N(CCCCCC(=O)NCCN3C(=O)C=CC3=O)c3ccc(S(=O)(=O)O)cc3C2(C)CCCCS(=O)(=O)O)=[N+](CCCC2=C/C=C\C=C/C=C\2)c2ccc(S(=O)(=O)O)cc21. The molecular weight excluding hydrogens is 1050 g/mol. The number of fused-ring (bicyclic) bond motifs is 2. The highest BCUT2D eigenvalue weighted by atomic mass is 32.2. The second-order valence-electron chi connectivity index (χ2n) is 19.4. The van der Waals surface area contributed by atoms with E-state index >= 15 is 0 Å². The fourth-order valence-corrected chi connectivity index (χ4v) is 12.3. The van der Waals surface area contributed by atoms with Crippen LogP contribution in [0.4, 0.5) is 11.4 Å². The maximum Gasteiger partial charge on any atom is 0.294 e. The van der Waals surface area contributed by atoms with Crippen LogP contribution in [0.5, 0.6) is 0 Å². The van der Waals surface area contributed by atoms with Crippen LogP contribution < -0.4 is 10.2 Å². The van der Waals surface area contributed by atoms with Crippen LogP contribution in [0.1, 0.15) is 102 Å². The first-order valence-electron chi connectivity index (χ1n) is 24.7. The molecule has 1 aliphatic carbocycles. The Morgan fingerprint density at radius 3 is 1.89 bits per heavy atom. The van der Waals surface area contributed by atoms with Gasteiger partial charge in [-0.2, -0.15) is 38.2 Å². The maximum atomic E-state index is 12.7. The Kier molecular flexibility index (Phi) is 19.2. The summed E-state index contributed by atoms with van der Waals surface area (Å²) in [6.45, 7) is 4.70. The smallest absolute Gasteiger partial charge is 0.294 e. The summed E-state index contributed by atoms with van der Waals surface area (Å²) < 4.78 is 139.